The minimum Gasteiger partial charge on any atom is -1.00 e. The first kappa shape index (κ1) is 15.8. The molecule has 0 atom stereocenters. The van der Waals surface area contributed by atoms with Gasteiger partial charge in [-0.15, -0.1) is 0 Å². The number of phosphoric ester groups is 1. The van der Waals surface area contributed by atoms with Gasteiger partial charge in [-0.25, -0.2) is 4.57 Å². The maximum absolute atomic E-state index is 10.4. The van der Waals surface area contributed by atoms with E-state index < -0.39 is 32.6 Å². The van der Waals surface area contributed by atoms with Crippen LogP contribution in [0.4, 0.5) is 0 Å². The number of phosphoric acid groups is 1. The maximum Gasteiger partial charge on any atom is 2.00 e. The van der Waals surface area contributed by atoms with Crippen LogP contribution in [0.1, 0.15) is 15.7 Å². The van der Waals surface area contributed by atoms with Gasteiger partial charge in [0.25, 0.3) is 0 Å². The van der Waals surface area contributed by atoms with Crippen LogP contribution in [0.25, 0.3) is 0 Å². The van der Waals surface area contributed by atoms with E-state index >= 15 is 0 Å². The van der Waals surface area contributed by atoms with Gasteiger partial charge in [0, 0.05) is 0 Å². The molecule has 0 amide bonds. The third-order valence-corrected chi connectivity index (χ3v) is 1.21. The fraction of sp³-hybridized carbons (Fsp3) is 0.500. The molecule has 0 aromatic heterocycles. The van der Waals surface area contributed by atoms with Gasteiger partial charge in [-0.1, -0.05) is 0 Å². The van der Waals surface area contributed by atoms with Gasteiger partial charge in [0.05, 0.1) is 12.8 Å². The van der Waals surface area contributed by atoms with Crippen LogP contribution < -0.4 is 0 Å². The van der Waals surface area contributed by atoms with Gasteiger partial charge < -0.3 is 12.5 Å². The van der Waals surface area contributed by atoms with Crippen molar-refractivity contribution in [3.63, 3.8) is 0 Å². The minimum absolute atomic E-state index is 0. The fourth-order valence-electron chi connectivity index (χ4n) is 0.387. The first-order chi connectivity index (χ1) is 5.31. The Labute approximate surface area is 106 Å². The molecule has 0 heterocycles. The third kappa shape index (κ3) is 12.3. The summed E-state index contributed by atoms with van der Waals surface area (Å²) < 4.78 is 13.5. The number of hydrogen-bond donors (Lipinski definition) is 3. The van der Waals surface area contributed by atoms with Crippen LogP contribution in [0.3, 0.4) is 0 Å². The van der Waals surface area contributed by atoms with Crippen molar-refractivity contribution in [1.82, 2.24) is 0 Å². The monoisotopic (exact) mass is 240 g/mol. The molecule has 0 fully saturated rings. The SMILES string of the molecule is O=C(O)CCC(=O)OP(=O)(O)O.[Ca+2].[H-].[H-]. The zero-order valence-electron chi connectivity index (χ0n) is 8.54. The van der Waals surface area contributed by atoms with Gasteiger partial charge in [0.15, 0.2) is 0 Å². The molecule has 0 aromatic carbocycles. The summed E-state index contributed by atoms with van der Waals surface area (Å²) in [7, 11) is -4.82. The maximum atomic E-state index is 10.4. The first-order valence-electron chi connectivity index (χ1n) is 2.81. The number of carboxylic acid groups (broad SMARTS) is 1. The molecule has 3 N–H and O–H groups in total. The van der Waals surface area contributed by atoms with Crippen LogP contribution >= 0.6 is 7.82 Å². The van der Waals surface area contributed by atoms with E-state index in [1.807, 2.05) is 0 Å². The van der Waals surface area contributed by atoms with E-state index in [9.17, 15) is 14.2 Å². The Balaban J connectivity index is -0.000000202. The Kier molecular flexibility index (Phi) is 8.21. The summed E-state index contributed by atoms with van der Waals surface area (Å²) in [6, 6.07) is 0. The second-order valence-corrected chi connectivity index (χ2v) is 3.01. The molecule has 0 saturated heterocycles. The molecule has 0 bridgehead atoms. The molecule has 0 unspecified atom stereocenters. The zero-order valence-corrected chi connectivity index (χ0v) is 9.65. The fourth-order valence-corrected chi connectivity index (χ4v) is 0.744. The number of rotatable bonds is 4. The molecule has 74 valence electrons. The largest absolute Gasteiger partial charge is 2.00 e. The number of carbonyl (C=O) groups excluding carboxylic acids is 1. The second-order valence-electron chi connectivity index (χ2n) is 1.85. The van der Waals surface area contributed by atoms with Crippen LogP contribution in [0.5, 0.6) is 0 Å². The summed E-state index contributed by atoms with van der Waals surface area (Å²) in [4.78, 5) is 36.4. The van der Waals surface area contributed by atoms with Crippen LogP contribution in [-0.2, 0) is 18.7 Å². The summed E-state index contributed by atoms with van der Waals surface area (Å²) in [5.74, 6) is -2.47. The number of aliphatic carboxylic acids is 1. The molecule has 0 radical (unpaired) electrons. The molecule has 13 heavy (non-hydrogen) atoms. The summed E-state index contributed by atoms with van der Waals surface area (Å²) in [6.45, 7) is 0. The van der Waals surface area contributed by atoms with Gasteiger partial charge >= 0.3 is 57.5 Å². The summed E-state index contributed by atoms with van der Waals surface area (Å²) in [5.41, 5.74) is 0. The summed E-state index contributed by atoms with van der Waals surface area (Å²) >= 11 is 0. The van der Waals surface area contributed by atoms with Crippen molar-refractivity contribution >= 4 is 57.5 Å². The Bertz CT molecular complexity index is 241. The predicted molar refractivity (Wildman–Crippen MR) is 43.0 cm³/mol. The van der Waals surface area contributed by atoms with Gasteiger partial charge in [0.1, 0.15) is 0 Å². The number of carbonyl (C=O) groups is 2. The van der Waals surface area contributed by atoms with E-state index in [4.69, 9.17) is 14.9 Å². The Morgan fingerprint density at radius 1 is 1.31 bits per heavy atom. The van der Waals surface area contributed by atoms with Crippen molar-refractivity contribution in [2.45, 2.75) is 12.8 Å². The van der Waals surface area contributed by atoms with Crippen LogP contribution in [0, 0.1) is 0 Å². The molecular formula is C4H9CaO7P. The Morgan fingerprint density at radius 2 is 1.77 bits per heavy atom. The average Bonchev–Trinajstić information content (AvgIpc) is 1.79. The van der Waals surface area contributed by atoms with Crippen LogP contribution in [0.15, 0.2) is 0 Å². The van der Waals surface area contributed by atoms with Crippen molar-refractivity contribution in [3.05, 3.63) is 0 Å². The third-order valence-electron chi connectivity index (χ3n) is 0.764. The molecule has 0 aliphatic rings. The number of hydrogen-bond acceptors (Lipinski definition) is 4. The van der Waals surface area contributed by atoms with Gasteiger partial charge in [-0.05, 0) is 0 Å². The molecule has 0 aliphatic heterocycles. The summed E-state index contributed by atoms with van der Waals surface area (Å²) in [5, 5.41) is 8.06. The number of carboxylic acids is 1. The standard InChI is InChI=1S/C4H7O7P.Ca.2H/c5-3(6)1-2-4(7)11-12(8,9)10;;;/h1-2H2,(H,5,6)(H2,8,9,10);;;/q;+2;2*-1. The minimum atomic E-state index is -4.82. The molecule has 0 rings (SSSR count). The van der Waals surface area contributed by atoms with E-state index in [1.165, 1.54) is 0 Å². The predicted octanol–water partition coefficient (Wildman–Crippen LogP) is -0.669. The van der Waals surface area contributed by atoms with Crippen LogP contribution in [-0.4, -0.2) is 64.6 Å². The summed E-state index contributed by atoms with van der Waals surface area (Å²) in [6.07, 6.45) is -1.07. The topological polar surface area (TPSA) is 121 Å². The van der Waals surface area contributed by atoms with E-state index in [0.717, 1.165) is 0 Å². The van der Waals surface area contributed by atoms with Crippen molar-refractivity contribution in [3.8, 4) is 0 Å². The van der Waals surface area contributed by atoms with Crippen LogP contribution in [0.2, 0.25) is 0 Å². The first-order valence-corrected chi connectivity index (χ1v) is 4.34. The average molecular weight is 240 g/mol. The quantitative estimate of drug-likeness (QED) is 0.440. The van der Waals surface area contributed by atoms with E-state index in [0.29, 0.717) is 0 Å². The Hall–Kier alpha value is 0.350. The van der Waals surface area contributed by atoms with E-state index in [1.54, 1.807) is 0 Å². The van der Waals surface area contributed by atoms with Crippen molar-refractivity contribution in [2.75, 3.05) is 0 Å². The molecule has 0 saturated carbocycles. The van der Waals surface area contributed by atoms with Gasteiger partial charge in [-0.3, -0.25) is 19.4 Å². The zero-order chi connectivity index (χ0) is 9.78. The van der Waals surface area contributed by atoms with Crippen molar-refractivity contribution in [2.24, 2.45) is 0 Å². The molecule has 0 spiro atoms. The molecule has 0 aromatic rings. The smallest absolute Gasteiger partial charge is 1.00 e. The normalized spacial score (nSPS) is 10.0. The molecule has 7 nitrogen and oxygen atoms in total. The Morgan fingerprint density at radius 3 is 2.08 bits per heavy atom. The van der Waals surface area contributed by atoms with Gasteiger partial charge in [0.2, 0.25) is 0 Å². The van der Waals surface area contributed by atoms with Crippen molar-refractivity contribution in [1.29, 1.82) is 0 Å². The molecular weight excluding hydrogens is 231 g/mol. The second kappa shape index (κ2) is 6.75. The van der Waals surface area contributed by atoms with Gasteiger partial charge in [-0.2, -0.15) is 0 Å². The molecule has 0 aliphatic carbocycles. The van der Waals surface area contributed by atoms with E-state index in [2.05, 4.69) is 4.52 Å². The van der Waals surface area contributed by atoms with E-state index in [-0.39, 0.29) is 40.6 Å². The molecule has 9 heteroatoms. The van der Waals surface area contributed by atoms with Crippen molar-refractivity contribution < 1.29 is 36.4 Å².